The molecule has 0 saturated heterocycles. The van der Waals surface area contributed by atoms with Gasteiger partial charge in [-0.05, 0) is 49.1 Å². The molecule has 2 aromatic heterocycles. The number of hydrogen-bond acceptors (Lipinski definition) is 4. The minimum absolute atomic E-state index is 0.0150. The largest absolute Gasteiger partial charge is 0.462 e. The molecule has 0 saturated carbocycles. The van der Waals surface area contributed by atoms with Crippen LogP contribution in [0.2, 0.25) is 0 Å². The van der Waals surface area contributed by atoms with E-state index in [4.69, 9.17) is 4.74 Å². The SMILES string of the molecule is CCOC(=O)c1cc(Cc2ccc(Cn3ccccc3=O)cc2)cnc1C. The van der Waals surface area contributed by atoms with Crippen LogP contribution >= 0.6 is 0 Å². The van der Waals surface area contributed by atoms with Crippen LogP contribution in [-0.2, 0) is 17.7 Å². The Kier molecular flexibility index (Phi) is 5.81. The van der Waals surface area contributed by atoms with Crippen molar-refractivity contribution in [2.24, 2.45) is 0 Å². The van der Waals surface area contributed by atoms with Crippen molar-refractivity contribution in [2.45, 2.75) is 26.8 Å². The molecule has 0 fully saturated rings. The first-order chi connectivity index (χ1) is 13.1. The Morgan fingerprint density at radius 2 is 1.81 bits per heavy atom. The molecule has 3 aromatic rings. The summed E-state index contributed by atoms with van der Waals surface area (Å²) in [6.07, 6.45) is 4.24. The standard InChI is InChI=1S/C22H22N2O3/c1-3-27-22(26)20-13-19(14-23-16(20)2)12-17-7-9-18(10-8-17)15-24-11-5-4-6-21(24)25/h4-11,13-14H,3,12,15H2,1-2H3. The van der Waals surface area contributed by atoms with Crippen LogP contribution in [0.15, 0.2) is 65.7 Å². The first kappa shape index (κ1) is 18.6. The molecule has 5 nitrogen and oxygen atoms in total. The average molecular weight is 362 g/mol. The number of rotatable bonds is 6. The third-order valence-electron chi connectivity index (χ3n) is 4.32. The molecule has 0 aliphatic heterocycles. The second-order valence-corrected chi connectivity index (χ2v) is 6.36. The third kappa shape index (κ3) is 4.70. The molecule has 0 bridgehead atoms. The Hall–Kier alpha value is -3.21. The monoisotopic (exact) mass is 362 g/mol. The molecule has 5 heteroatoms. The van der Waals surface area contributed by atoms with Crippen LogP contribution in [0.1, 0.15) is 39.7 Å². The summed E-state index contributed by atoms with van der Waals surface area (Å²) in [5.74, 6) is -0.340. The second-order valence-electron chi connectivity index (χ2n) is 6.36. The summed E-state index contributed by atoms with van der Waals surface area (Å²) in [6.45, 7) is 4.47. The summed E-state index contributed by atoms with van der Waals surface area (Å²) < 4.78 is 6.76. The lowest BCUT2D eigenvalue weighted by Crippen LogP contribution is -2.18. The number of pyridine rings is 2. The van der Waals surface area contributed by atoms with E-state index in [1.807, 2.05) is 36.4 Å². The van der Waals surface area contributed by atoms with Gasteiger partial charge in [0.2, 0.25) is 0 Å². The zero-order valence-electron chi connectivity index (χ0n) is 15.5. The van der Waals surface area contributed by atoms with Crippen LogP contribution < -0.4 is 5.56 Å². The highest BCUT2D eigenvalue weighted by Crippen LogP contribution is 2.15. The molecular formula is C22H22N2O3. The molecule has 0 unspecified atom stereocenters. The number of aryl methyl sites for hydroxylation is 1. The fourth-order valence-corrected chi connectivity index (χ4v) is 2.87. The van der Waals surface area contributed by atoms with E-state index < -0.39 is 0 Å². The number of carbonyl (C=O) groups excluding carboxylic acids is 1. The highest BCUT2D eigenvalue weighted by atomic mass is 16.5. The first-order valence-corrected chi connectivity index (χ1v) is 8.92. The van der Waals surface area contributed by atoms with Crippen LogP contribution in [0.25, 0.3) is 0 Å². The second kappa shape index (κ2) is 8.45. The van der Waals surface area contributed by atoms with Crippen LogP contribution in [0.3, 0.4) is 0 Å². The Bertz CT molecular complexity index is 991. The lowest BCUT2D eigenvalue weighted by atomic mass is 10.0. The number of carbonyl (C=O) groups is 1. The molecule has 0 spiro atoms. The fraction of sp³-hybridized carbons (Fsp3) is 0.227. The van der Waals surface area contributed by atoms with Crippen molar-refractivity contribution in [1.29, 1.82) is 0 Å². The first-order valence-electron chi connectivity index (χ1n) is 8.92. The highest BCUT2D eigenvalue weighted by molar-refractivity contribution is 5.90. The van der Waals surface area contributed by atoms with E-state index in [0.29, 0.717) is 30.8 Å². The smallest absolute Gasteiger partial charge is 0.339 e. The van der Waals surface area contributed by atoms with E-state index >= 15 is 0 Å². The van der Waals surface area contributed by atoms with Crippen molar-refractivity contribution in [2.75, 3.05) is 6.61 Å². The summed E-state index contributed by atoms with van der Waals surface area (Å²) in [7, 11) is 0. The molecule has 2 heterocycles. The van der Waals surface area contributed by atoms with Crippen molar-refractivity contribution in [3.63, 3.8) is 0 Å². The van der Waals surface area contributed by atoms with Gasteiger partial charge in [-0.15, -0.1) is 0 Å². The molecule has 1 aromatic carbocycles. The molecule has 0 amide bonds. The van der Waals surface area contributed by atoms with Gasteiger partial charge in [0.1, 0.15) is 0 Å². The lowest BCUT2D eigenvalue weighted by molar-refractivity contribution is 0.0525. The molecular weight excluding hydrogens is 340 g/mol. The highest BCUT2D eigenvalue weighted by Gasteiger charge is 2.12. The topological polar surface area (TPSA) is 61.2 Å². The van der Waals surface area contributed by atoms with E-state index in [1.54, 1.807) is 42.9 Å². The van der Waals surface area contributed by atoms with Crippen molar-refractivity contribution < 1.29 is 9.53 Å². The molecule has 0 atom stereocenters. The van der Waals surface area contributed by atoms with Crippen molar-refractivity contribution >= 4 is 5.97 Å². The maximum atomic E-state index is 12.0. The average Bonchev–Trinajstić information content (AvgIpc) is 2.67. The number of ether oxygens (including phenoxy) is 1. The van der Waals surface area contributed by atoms with Gasteiger partial charge in [0.25, 0.3) is 5.56 Å². The van der Waals surface area contributed by atoms with Gasteiger partial charge in [0.15, 0.2) is 0 Å². The number of hydrogen-bond donors (Lipinski definition) is 0. The molecule has 0 aliphatic carbocycles. The zero-order chi connectivity index (χ0) is 19.2. The molecule has 27 heavy (non-hydrogen) atoms. The third-order valence-corrected chi connectivity index (χ3v) is 4.32. The molecule has 0 aliphatic rings. The van der Waals surface area contributed by atoms with Crippen LogP contribution in [0.4, 0.5) is 0 Å². The van der Waals surface area contributed by atoms with Gasteiger partial charge in [-0.25, -0.2) is 4.79 Å². The Morgan fingerprint density at radius 1 is 1.07 bits per heavy atom. The number of aromatic nitrogens is 2. The van der Waals surface area contributed by atoms with Gasteiger partial charge in [-0.1, -0.05) is 30.3 Å². The van der Waals surface area contributed by atoms with E-state index in [9.17, 15) is 9.59 Å². The van der Waals surface area contributed by atoms with Gasteiger partial charge in [-0.2, -0.15) is 0 Å². The van der Waals surface area contributed by atoms with Crippen LogP contribution in [0, 0.1) is 6.92 Å². The maximum absolute atomic E-state index is 12.0. The number of esters is 1. The van der Waals surface area contributed by atoms with E-state index in [0.717, 1.165) is 16.7 Å². The number of benzene rings is 1. The fourth-order valence-electron chi connectivity index (χ4n) is 2.87. The summed E-state index contributed by atoms with van der Waals surface area (Å²) >= 11 is 0. The van der Waals surface area contributed by atoms with E-state index in [-0.39, 0.29) is 11.5 Å². The van der Waals surface area contributed by atoms with Gasteiger partial charge < -0.3 is 9.30 Å². The van der Waals surface area contributed by atoms with Gasteiger partial charge in [-0.3, -0.25) is 9.78 Å². The Labute approximate surface area is 158 Å². The summed E-state index contributed by atoms with van der Waals surface area (Å²) in [6, 6.07) is 15.1. The minimum Gasteiger partial charge on any atom is -0.462 e. The van der Waals surface area contributed by atoms with Gasteiger partial charge in [0, 0.05) is 18.5 Å². The Balaban J connectivity index is 1.73. The van der Waals surface area contributed by atoms with E-state index in [1.165, 1.54) is 0 Å². The van der Waals surface area contributed by atoms with E-state index in [2.05, 4.69) is 4.98 Å². The normalized spacial score (nSPS) is 10.6. The van der Waals surface area contributed by atoms with Gasteiger partial charge in [0.05, 0.1) is 24.4 Å². The summed E-state index contributed by atoms with van der Waals surface area (Å²) in [4.78, 5) is 28.2. The molecule has 138 valence electrons. The van der Waals surface area contributed by atoms with Crippen molar-refractivity contribution in [3.05, 3.63) is 99.2 Å². The lowest BCUT2D eigenvalue weighted by Gasteiger charge is -2.09. The summed E-state index contributed by atoms with van der Waals surface area (Å²) in [5, 5.41) is 0. The van der Waals surface area contributed by atoms with Crippen molar-refractivity contribution in [1.82, 2.24) is 9.55 Å². The Morgan fingerprint density at radius 3 is 2.52 bits per heavy atom. The molecule has 0 radical (unpaired) electrons. The number of nitrogens with zero attached hydrogens (tertiary/aromatic N) is 2. The van der Waals surface area contributed by atoms with Gasteiger partial charge >= 0.3 is 5.97 Å². The predicted molar refractivity (Wildman–Crippen MR) is 104 cm³/mol. The minimum atomic E-state index is -0.340. The van der Waals surface area contributed by atoms with Crippen LogP contribution in [0.5, 0.6) is 0 Å². The quantitative estimate of drug-likeness (QED) is 0.631. The predicted octanol–water partition coefficient (Wildman–Crippen LogP) is 3.37. The summed E-state index contributed by atoms with van der Waals surface area (Å²) in [5.41, 5.74) is 4.28. The van der Waals surface area contributed by atoms with Crippen molar-refractivity contribution in [3.8, 4) is 0 Å². The molecule has 3 rings (SSSR count). The molecule has 0 N–H and O–H groups in total. The zero-order valence-corrected chi connectivity index (χ0v) is 15.5. The maximum Gasteiger partial charge on any atom is 0.339 e. The van der Waals surface area contributed by atoms with Crippen LogP contribution in [-0.4, -0.2) is 22.1 Å².